The topological polar surface area (TPSA) is 63.7 Å². The van der Waals surface area contributed by atoms with Gasteiger partial charge < -0.3 is 4.74 Å². The second kappa shape index (κ2) is 6.75. The second-order valence-electron chi connectivity index (χ2n) is 6.76. The van der Waals surface area contributed by atoms with Crippen molar-refractivity contribution in [3.63, 3.8) is 0 Å². The third-order valence-corrected chi connectivity index (χ3v) is 5.13. The van der Waals surface area contributed by atoms with Crippen LogP contribution >= 0.6 is 0 Å². The number of hydrogen-bond acceptors (Lipinski definition) is 4. The molecule has 0 N–H and O–H groups in total. The SMILES string of the molecule is O=C(Oc1ccccc1)c1cccc(N2C(=O)[C@H]3CCCC[C@@H]3C2=O)c1. The third kappa shape index (κ3) is 2.90. The molecule has 0 aromatic heterocycles. The van der Waals surface area contributed by atoms with Crippen LogP contribution in [0.2, 0.25) is 0 Å². The first kappa shape index (κ1) is 16.5. The van der Waals surface area contributed by atoms with Crippen molar-refractivity contribution in [2.75, 3.05) is 4.90 Å². The second-order valence-corrected chi connectivity index (χ2v) is 6.76. The fourth-order valence-electron chi connectivity index (χ4n) is 3.84. The number of amides is 2. The van der Waals surface area contributed by atoms with Gasteiger partial charge in [-0.2, -0.15) is 0 Å². The number of rotatable bonds is 3. The number of esters is 1. The number of nitrogens with zero attached hydrogens (tertiary/aromatic N) is 1. The highest BCUT2D eigenvalue weighted by Crippen LogP contribution is 2.40. The van der Waals surface area contributed by atoms with Crippen LogP contribution in [0.4, 0.5) is 5.69 Å². The summed E-state index contributed by atoms with van der Waals surface area (Å²) in [6.45, 7) is 0. The zero-order valence-electron chi connectivity index (χ0n) is 14.3. The van der Waals surface area contributed by atoms with Gasteiger partial charge in [-0.25, -0.2) is 4.79 Å². The highest BCUT2D eigenvalue weighted by molar-refractivity contribution is 6.22. The van der Waals surface area contributed by atoms with Gasteiger partial charge in [0.2, 0.25) is 11.8 Å². The number of anilines is 1. The van der Waals surface area contributed by atoms with Crippen molar-refractivity contribution in [3.05, 3.63) is 60.2 Å². The first-order valence-electron chi connectivity index (χ1n) is 8.90. The quantitative estimate of drug-likeness (QED) is 0.483. The molecule has 0 spiro atoms. The smallest absolute Gasteiger partial charge is 0.343 e. The monoisotopic (exact) mass is 349 g/mol. The molecule has 2 atom stereocenters. The van der Waals surface area contributed by atoms with Crippen LogP contribution in [0, 0.1) is 11.8 Å². The van der Waals surface area contributed by atoms with Gasteiger partial charge in [0.25, 0.3) is 0 Å². The Balaban J connectivity index is 1.58. The summed E-state index contributed by atoms with van der Waals surface area (Å²) in [5.74, 6) is -0.786. The maximum Gasteiger partial charge on any atom is 0.343 e. The average Bonchev–Trinajstić information content (AvgIpc) is 2.94. The van der Waals surface area contributed by atoms with Gasteiger partial charge in [-0.3, -0.25) is 14.5 Å². The van der Waals surface area contributed by atoms with E-state index in [4.69, 9.17) is 4.74 Å². The Kier molecular flexibility index (Phi) is 4.29. The molecule has 1 saturated carbocycles. The minimum atomic E-state index is -0.519. The predicted octanol–water partition coefficient (Wildman–Crippen LogP) is 3.59. The van der Waals surface area contributed by atoms with E-state index in [2.05, 4.69) is 0 Å². The Morgan fingerprint density at radius 2 is 1.54 bits per heavy atom. The highest BCUT2D eigenvalue weighted by Gasteiger charge is 2.48. The molecular formula is C21H19NO4. The van der Waals surface area contributed by atoms with E-state index in [9.17, 15) is 14.4 Å². The van der Waals surface area contributed by atoms with E-state index in [1.807, 2.05) is 6.07 Å². The first-order valence-corrected chi connectivity index (χ1v) is 8.90. The standard InChI is InChI=1S/C21H19NO4/c23-19-17-11-4-5-12-18(17)20(24)22(19)15-8-6-7-14(13-15)21(25)26-16-9-2-1-3-10-16/h1-3,6-10,13,17-18H,4-5,11-12H2/t17-,18-/m0/s1. The van der Waals surface area contributed by atoms with Gasteiger partial charge in [0.05, 0.1) is 23.1 Å². The molecule has 2 aromatic rings. The first-order chi connectivity index (χ1) is 12.6. The van der Waals surface area contributed by atoms with Crippen LogP contribution in [0.25, 0.3) is 0 Å². The Hall–Kier alpha value is -2.95. The molecule has 4 rings (SSSR count). The van der Waals surface area contributed by atoms with E-state index >= 15 is 0 Å². The van der Waals surface area contributed by atoms with Gasteiger partial charge in [-0.05, 0) is 43.2 Å². The number of ether oxygens (including phenoxy) is 1. The van der Waals surface area contributed by atoms with E-state index < -0.39 is 5.97 Å². The minimum absolute atomic E-state index is 0.145. The molecule has 132 valence electrons. The summed E-state index contributed by atoms with van der Waals surface area (Å²) < 4.78 is 5.34. The Bertz CT molecular complexity index is 837. The molecule has 5 heteroatoms. The van der Waals surface area contributed by atoms with Gasteiger partial charge in [0.15, 0.2) is 0 Å². The van der Waals surface area contributed by atoms with Gasteiger partial charge in [-0.15, -0.1) is 0 Å². The molecule has 1 aliphatic carbocycles. The average molecular weight is 349 g/mol. The number of fused-ring (bicyclic) bond motifs is 1. The number of carbonyl (C=O) groups is 3. The van der Waals surface area contributed by atoms with Crippen molar-refractivity contribution in [2.45, 2.75) is 25.7 Å². The van der Waals surface area contributed by atoms with Crippen molar-refractivity contribution >= 4 is 23.5 Å². The zero-order valence-corrected chi connectivity index (χ0v) is 14.3. The van der Waals surface area contributed by atoms with E-state index in [0.717, 1.165) is 25.7 Å². The summed E-state index contributed by atoms with van der Waals surface area (Å²) in [5.41, 5.74) is 0.749. The molecule has 2 fully saturated rings. The van der Waals surface area contributed by atoms with Gasteiger partial charge >= 0.3 is 5.97 Å². The number of benzene rings is 2. The van der Waals surface area contributed by atoms with Gasteiger partial charge in [0.1, 0.15) is 5.75 Å². The van der Waals surface area contributed by atoms with E-state index in [-0.39, 0.29) is 23.7 Å². The van der Waals surface area contributed by atoms with Crippen molar-refractivity contribution in [3.8, 4) is 5.75 Å². The molecule has 0 unspecified atom stereocenters. The summed E-state index contributed by atoms with van der Waals surface area (Å²) >= 11 is 0. The number of carbonyl (C=O) groups excluding carboxylic acids is 3. The molecule has 0 bridgehead atoms. The Morgan fingerprint density at radius 3 is 2.19 bits per heavy atom. The largest absolute Gasteiger partial charge is 0.423 e. The van der Waals surface area contributed by atoms with E-state index in [0.29, 0.717) is 17.0 Å². The summed E-state index contributed by atoms with van der Waals surface area (Å²) in [6.07, 6.45) is 3.50. The Morgan fingerprint density at radius 1 is 0.885 bits per heavy atom. The van der Waals surface area contributed by atoms with Crippen LogP contribution in [-0.4, -0.2) is 17.8 Å². The van der Waals surface area contributed by atoms with Crippen LogP contribution in [0.5, 0.6) is 5.75 Å². The van der Waals surface area contributed by atoms with Gasteiger partial charge in [-0.1, -0.05) is 37.1 Å². The summed E-state index contributed by atoms with van der Waals surface area (Å²) in [7, 11) is 0. The molecule has 0 radical (unpaired) electrons. The summed E-state index contributed by atoms with van der Waals surface area (Å²) in [6, 6.07) is 15.3. The molecule has 1 heterocycles. The van der Waals surface area contributed by atoms with E-state index in [1.165, 1.54) is 4.90 Å². The van der Waals surface area contributed by atoms with Crippen molar-refractivity contribution in [1.82, 2.24) is 0 Å². The van der Waals surface area contributed by atoms with Crippen LogP contribution in [0.1, 0.15) is 36.0 Å². The lowest BCUT2D eigenvalue weighted by Crippen LogP contribution is -2.31. The fourth-order valence-corrected chi connectivity index (χ4v) is 3.84. The molecular weight excluding hydrogens is 330 g/mol. The highest BCUT2D eigenvalue weighted by atomic mass is 16.5. The van der Waals surface area contributed by atoms with Crippen LogP contribution < -0.4 is 9.64 Å². The molecule has 2 aromatic carbocycles. The van der Waals surface area contributed by atoms with Gasteiger partial charge in [0, 0.05) is 0 Å². The summed E-state index contributed by atoms with van der Waals surface area (Å²) in [5, 5.41) is 0. The molecule has 2 aliphatic rings. The normalized spacial score (nSPS) is 22.2. The lowest BCUT2D eigenvalue weighted by atomic mass is 9.81. The minimum Gasteiger partial charge on any atom is -0.423 e. The number of para-hydroxylation sites is 1. The number of imide groups is 1. The van der Waals surface area contributed by atoms with Crippen molar-refractivity contribution in [2.24, 2.45) is 11.8 Å². The molecule has 1 saturated heterocycles. The molecule has 2 amide bonds. The molecule has 26 heavy (non-hydrogen) atoms. The number of hydrogen-bond donors (Lipinski definition) is 0. The van der Waals surface area contributed by atoms with Crippen LogP contribution in [0.3, 0.4) is 0 Å². The molecule has 1 aliphatic heterocycles. The lowest BCUT2D eigenvalue weighted by Gasteiger charge is -2.19. The van der Waals surface area contributed by atoms with Crippen LogP contribution in [0.15, 0.2) is 54.6 Å². The predicted molar refractivity (Wildman–Crippen MR) is 95.8 cm³/mol. The third-order valence-electron chi connectivity index (χ3n) is 5.13. The zero-order chi connectivity index (χ0) is 18.1. The molecule has 5 nitrogen and oxygen atoms in total. The fraction of sp³-hybridized carbons (Fsp3) is 0.286. The van der Waals surface area contributed by atoms with E-state index in [1.54, 1.807) is 48.5 Å². The summed E-state index contributed by atoms with van der Waals surface area (Å²) in [4.78, 5) is 39.1. The maximum absolute atomic E-state index is 12.7. The van der Waals surface area contributed by atoms with Crippen molar-refractivity contribution < 1.29 is 19.1 Å². The van der Waals surface area contributed by atoms with Crippen LogP contribution in [-0.2, 0) is 9.59 Å². The maximum atomic E-state index is 12.7. The lowest BCUT2D eigenvalue weighted by molar-refractivity contribution is -0.122. The van der Waals surface area contributed by atoms with Crippen molar-refractivity contribution in [1.29, 1.82) is 0 Å². The Labute approximate surface area is 151 Å².